The van der Waals surface area contributed by atoms with Crippen LogP contribution in [0.3, 0.4) is 0 Å². The number of nitrogens with two attached hydrogens (primary N) is 1. The molecule has 0 saturated carbocycles. The molecular weight excluding hydrogens is 412 g/mol. The van der Waals surface area contributed by atoms with Crippen molar-refractivity contribution in [3.05, 3.63) is 93.6 Å². The topological polar surface area (TPSA) is 118 Å². The zero-order valence-corrected chi connectivity index (χ0v) is 18.8. The summed E-state index contributed by atoms with van der Waals surface area (Å²) in [7, 11) is 0. The third kappa shape index (κ3) is 4.80. The summed E-state index contributed by atoms with van der Waals surface area (Å²) in [6, 6.07) is 13.2. The maximum atomic E-state index is 12.8. The van der Waals surface area contributed by atoms with Crippen molar-refractivity contribution in [3.8, 4) is 6.07 Å². The van der Waals surface area contributed by atoms with E-state index in [0.717, 1.165) is 44.5 Å². The van der Waals surface area contributed by atoms with Gasteiger partial charge in [-0.3, -0.25) is 14.8 Å². The normalized spacial score (nSPS) is 10.7. The molecule has 33 heavy (non-hydrogen) atoms. The van der Waals surface area contributed by atoms with Crippen LogP contribution in [0, 0.1) is 32.1 Å². The van der Waals surface area contributed by atoms with Gasteiger partial charge in [0.1, 0.15) is 5.82 Å². The fourth-order valence-electron chi connectivity index (χ4n) is 3.97. The van der Waals surface area contributed by atoms with Crippen LogP contribution in [0.15, 0.2) is 48.8 Å². The van der Waals surface area contributed by atoms with Gasteiger partial charge in [-0.25, -0.2) is 4.98 Å². The van der Waals surface area contributed by atoms with Gasteiger partial charge in [-0.15, -0.1) is 0 Å². The number of pyridine rings is 3. The maximum Gasteiger partial charge on any atom is 0.251 e. The Labute approximate surface area is 192 Å². The predicted octanol–water partition coefficient (Wildman–Crippen LogP) is 3.92. The highest BCUT2D eigenvalue weighted by atomic mass is 16.1. The fourth-order valence-corrected chi connectivity index (χ4v) is 3.97. The number of aryl methyl sites for hydroxylation is 3. The first-order valence-corrected chi connectivity index (χ1v) is 10.6. The van der Waals surface area contributed by atoms with Crippen LogP contribution in [-0.2, 0) is 13.0 Å². The summed E-state index contributed by atoms with van der Waals surface area (Å²) in [5.41, 5.74) is 13.1. The number of nitrogens with zero attached hydrogens (tertiary/aromatic N) is 4. The highest BCUT2D eigenvalue weighted by molar-refractivity contribution is 5.94. The minimum absolute atomic E-state index is 0.196. The summed E-state index contributed by atoms with van der Waals surface area (Å²) in [5, 5.41) is 13.3. The number of amides is 1. The van der Waals surface area contributed by atoms with E-state index >= 15 is 0 Å². The van der Waals surface area contributed by atoms with Crippen molar-refractivity contribution >= 4 is 22.6 Å². The lowest BCUT2D eigenvalue weighted by atomic mass is 10.00. The van der Waals surface area contributed by atoms with Crippen LogP contribution in [0.2, 0.25) is 0 Å². The van der Waals surface area contributed by atoms with Gasteiger partial charge in [0.2, 0.25) is 0 Å². The smallest absolute Gasteiger partial charge is 0.251 e. The Balaban J connectivity index is 1.57. The molecule has 3 aromatic heterocycles. The Bertz CT molecular complexity index is 1400. The van der Waals surface area contributed by atoms with Gasteiger partial charge in [0, 0.05) is 47.7 Å². The van der Waals surface area contributed by atoms with Gasteiger partial charge in [-0.2, -0.15) is 5.26 Å². The van der Waals surface area contributed by atoms with E-state index in [1.165, 1.54) is 0 Å². The van der Waals surface area contributed by atoms with Crippen molar-refractivity contribution in [2.45, 2.75) is 33.7 Å². The first-order valence-electron chi connectivity index (χ1n) is 10.6. The SMILES string of the molecule is Cc1cnc2c(Cc3cc(C(=O)NCc4c(C)cc(N)nc4C)ccn3)cc(C#N)cc2c1. The summed E-state index contributed by atoms with van der Waals surface area (Å²) >= 11 is 0. The highest BCUT2D eigenvalue weighted by Crippen LogP contribution is 2.23. The van der Waals surface area contributed by atoms with E-state index in [1.807, 2.05) is 45.2 Å². The van der Waals surface area contributed by atoms with E-state index in [9.17, 15) is 10.1 Å². The summed E-state index contributed by atoms with van der Waals surface area (Å²) in [6.07, 6.45) is 3.90. The average molecular weight is 437 g/mol. The van der Waals surface area contributed by atoms with E-state index in [-0.39, 0.29) is 5.91 Å². The number of carbonyl (C=O) groups is 1. The van der Waals surface area contributed by atoms with Crippen LogP contribution in [0.5, 0.6) is 0 Å². The first-order chi connectivity index (χ1) is 15.8. The molecule has 0 saturated heterocycles. The molecule has 3 N–H and O–H groups in total. The molecule has 1 aromatic carbocycles. The van der Waals surface area contributed by atoms with E-state index < -0.39 is 0 Å². The van der Waals surface area contributed by atoms with Crippen molar-refractivity contribution in [2.75, 3.05) is 5.73 Å². The molecule has 0 radical (unpaired) electrons. The van der Waals surface area contributed by atoms with Crippen molar-refractivity contribution < 1.29 is 4.79 Å². The third-order valence-electron chi connectivity index (χ3n) is 5.58. The van der Waals surface area contributed by atoms with Crippen molar-refractivity contribution in [1.29, 1.82) is 5.26 Å². The van der Waals surface area contributed by atoms with Crippen LogP contribution in [0.4, 0.5) is 5.82 Å². The second-order valence-corrected chi connectivity index (χ2v) is 8.15. The van der Waals surface area contributed by atoms with E-state index in [4.69, 9.17) is 5.73 Å². The minimum atomic E-state index is -0.196. The number of nitriles is 1. The van der Waals surface area contributed by atoms with Gasteiger partial charge in [-0.05, 0) is 79.4 Å². The van der Waals surface area contributed by atoms with Gasteiger partial charge >= 0.3 is 0 Å². The van der Waals surface area contributed by atoms with Crippen LogP contribution in [-0.4, -0.2) is 20.9 Å². The van der Waals surface area contributed by atoms with Crippen molar-refractivity contribution in [3.63, 3.8) is 0 Å². The molecule has 0 bridgehead atoms. The number of fused-ring (bicyclic) bond motifs is 1. The van der Waals surface area contributed by atoms with Gasteiger partial charge in [-0.1, -0.05) is 0 Å². The second kappa shape index (κ2) is 9.05. The Kier molecular flexibility index (Phi) is 6.01. The Morgan fingerprint density at radius 2 is 1.94 bits per heavy atom. The van der Waals surface area contributed by atoms with Crippen LogP contribution in [0.1, 0.15) is 49.6 Å². The maximum absolute atomic E-state index is 12.8. The highest BCUT2D eigenvalue weighted by Gasteiger charge is 2.12. The minimum Gasteiger partial charge on any atom is -0.384 e. The number of aromatic nitrogens is 3. The van der Waals surface area contributed by atoms with Gasteiger partial charge in [0.15, 0.2) is 0 Å². The molecule has 1 amide bonds. The fraction of sp³-hybridized carbons (Fsp3) is 0.192. The third-order valence-corrected chi connectivity index (χ3v) is 5.58. The molecule has 0 aliphatic rings. The number of anilines is 1. The van der Waals surface area contributed by atoms with Crippen molar-refractivity contribution in [1.82, 2.24) is 20.3 Å². The Morgan fingerprint density at radius 1 is 1.12 bits per heavy atom. The number of hydrogen-bond acceptors (Lipinski definition) is 6. The molecule has 3 heterocycles. The van der Waals surface area contributed by atoms with Crippen LogP contribution < -0.4 is 11.1 Å². The molecule has 4 rings (SSSR count). The second-order valence-electron chi connectivity index (χ2n) is 8.15. The lowest BCUT2D eigenvalue weighted by Crippen LogP contribution is -2.24. The average Bonchev–Trinajstić information content (AvgIpc) is 2.78. The van der Waals surface area contributed by atoms with Gasteiger partial charge < -0.3 is 11.1 Å². The summed E-state index contributed by atoms with van der Waals surface area (Å²) in [6.45, 7) is 6.16. The molecule has 7 nitrogen and oxygen atoms in total. The lowest BCUT2D eigenvalue weighted by Gasteiger charge is -2.12. The molecular formula is C26H24N6O. The number of nitrogen functional groups attached to an aromatic ring is 1. The number of nitrogens with one attached hydrogen (secondary N) is 1. The zero-order valence-electron chi connectivity index (χ0n) is 18.8. The van der Waals surface area contributed by atoms with Crippen molar-refractivity contribution in [2.24, 2.45) is 0 Å². The molecule has 0 unspecified atom stereocenters. The van der Waals surface area contributed by atoms with Gasteiger partial charge in [0.25, 0.3) is 5.91 Å². The standard InChI is InChI=1S/C26H24N6O/c1-15-6-20-8-18(12-27)9-21(25(20)30-13-15)11-22-10-19(4-5-29-22)26(33)31-14-23-16(2)7-24(28)32-17(23)3/h4-10,13H,11,14H2,1-3H3,(H2,28,32)(H,31,33). The van der Waals surface area contributed by atoms with Crippen LogP contribution >= 0.6 is 0 Å². The molecule has 7 heteroatoms. The van der Waals surface area contributed by atoms with E-state index in [0.29, 0.717) is 29.9 Å². The quantitative estimate of drug-likeness (QED) is 0.489. The number of benzene rings is 1. The van der Waals surface area contributed by atoms with E-state index in [1.54, 1.807) is 24.4 Å². The molecule has 0 aliphatic heterocycles. The Hall–Kier alpha value is -4.31. The van der Waals surface area contributed by atoms with Crippen LogP contribution in [0.25, 0.3) is 10.9 Å². The molecule has 0 spiro atoms. The molecule has 164 valence electrons. The number of carbonyl (C=O) groups excluding carboxylic acids is 1. The molecule has 0 atom stereocenters. The number of hydrogen-bond donors (Lipinski definition) is 2. The zero-order chi connectivity index (χ0) is 23.5. The first kappa shape index (κ1) is 21.9. The predicted molar refractivity (Wildman–Crippen MR) is 128 cm³/mol. The van der Waals surface area contributed by atoms with E-state index in [2.05, 4.69) is 26.3 Å². The molecule has 0 aliphatic carbocycles. The molecule has 0 fully saturated rings. The largest absolute Gasteiger partial charge is 0.384 e. The van der Waals surface area contributed by atoms with Gasteiger partial charge in [0.05, 0.1) is 17.1 Å². The number of rotatable bonds is 5. The monoisotopic (exact) mass is 436 g/mol. The summed E-state index contributed by atoms with van der Waals surface area (Å²) in [5.74, 6) is 0.273. The summed E-state index contributed by atoms with van der Waals surface area (Å²) in [4.78, 5) is 26.1. The molecule has 4 aromatic rings. The Morgan fingerprint density at radius 3 is 2.70 bits per heavy atom. The summed E-state index contributed by atoms with van der Waals surface area (Å²) < 4.78 is 0. The lowest BCUT2D eigenvalue weighted by molar-refractivity contribution is 0.0950.